The van der Waals surface area contributed by atoms with Crippen molar-refractivity contribution in [2.24, 2.45) is 0 Å². The molecule has 0 unspecified atom stereocenters. The van der Waals surface area contributed by atoms with Gasteiger partial charge in [0, 0.05) is 10.9 Å². The Morgan fingerprint density at radius 2 is 1.50 bits per heavy atom. The zero-order chi connectivity index (χ0) is 20.4. The van der Waals surface area contributed by atoms with Crippen molar-refractivity contribution >= 4 is 10.8 Å². The topological polar surface area (TPSA) is 9.23 Å². The van der Waals surface area contributed by atoms with Crippen LogP contribution < -0.4 is 4.74 Å². The van der Waals surface area contributed by atoms with Crippen LogP contribution in [-0.4, -0.2) is 6.61 Å². The molecule has 0 aliphatic rings. The van der Waals surface area contributed by atoms with Gasteiger partial charge in [0.05, 0.1) is 0 Å². The molecule has 0 amide bonds. The quantitative estimate of drug-likeness (QED) is 0.243. The van der Waals surface area contributed by atoms with Crippen LogP contribution in [-0.2, 0) is 0 Å². The van der Waals surface area contributed by atoms with Crippen molar-refractivity contribution in [3.8, 4) is 17.6 Å². The average molecular weight is 392 g/mol. The van der Waals surface area contributed by atoms with E-state index in [1.165, 1.54) is 24.3 Å². The summed E-state index contributed by atoms with van der Waals surface area (Å²) in [5.74, 6) is -5.76. The molecule has 3 aromatic carbocycles. The van der Waals surface area contributed by atoms with Crippen molar-refractivity contribution in [3.05, 3.63) is 89.0 Å². The molecule has 0 aromatic heterocycles. The van der Waals surface area contributed by atoms with Gasteiger partial charge in [-0.05, 0) is 23.6 Å². The second kappa shape index (κ2) is 7.69. The number of ether oxygens (including phenoxy) is 1. The molecule has 0 fully saturated rings. The highest BCUT2D eigenvalue weighted by molar-refractivity contribution is 5.84. The van der Waals surface area contributed by atoms with E-state index in [1.54, 1.807) is 0 Å². The maximum absolute atomic E-state index is 14.1. The van der Waals surface area contributed by atoms with Crippen molar-refractivity contribution in [1.82, 2.24) is 0 Å². The summed E-state index contributed by atoms with van der Waals surface area (Å²) in [6.07, 6.45) is 1.15. The van der Waals surface area contributed by atoms with Gasteiger partial charge in [0.2, 0.25) is 11.6 Å². The molecule has 0 heterocycles. The van der Waals surface area contributed by atoms with Gasteiger partial charge in [-0.25, -0.2) is 17.6 Å². The molecule has 0 saturated carbocycles. The Kier molecular flexibility index (Phi) is 5.32. The SMILES string of the molecule is C=CCOc1c(F)c(F)c(C#Cc2ccc3c(F)c(F)ccc3c2)c(F)c1F. The van der Waals surface area contributed by atoms with Crippen molar-refractivity contribution in [1.29, 1.82) is 0 Å². The molecule has 0 N–H and O–H groups in total. The summed E-state index contributed by atoms with van der Waals surface area (Å²) in [4.78, 5) is 0. The van der Waals surface area contributed by atoms with Crippen LogP contribution in [0.1, 0.15) is 11.1 Å². The molecule has 0 saturated heterocycles. The Hall–Kier alpha value is -3.40. The minimum Gasteiger partial charge on any atom is -0.483 e. The van der Waals surface area contributed by atoms with E-state index in [0.717, 1.165) is 12.1 Å². The lowest BCUT2D eigenvalue weighted by molar-refractivity contribution is 0.301. The molecule has 0 bridgehead atoms. The first-order chi connectivity index (χ1) is 13.3. The summed E-state index contributed by atoms with van der Waals surface area (Å²) in [6, 6.07) is 6.07. The summed E-state index contributed by atoms with van der Waals surface area (Å²) in [7, 11) is 0. The van der Waals surface area contributed by atoms with Crippen LogP contribution in [0, 0.1) is 46.7 Å². The number of rotatable bonds is 3. The lowest BCUT2D eigenvalue weighted by atomic mass is 10.1. The van der Waals surface area contributed by atoms with Crippen LogP contribution in [0.25, 0.3) is 10.8 Å². The molecule has 7 heteroatoms. The first-order valence-corrected chi connectivity index (χ1v) is 7.84. The van der Waals surface area contributed by atoms with Crippen LogP contribution in [0.3, 0.4) is 0 Å². The van der Waals surface area contributed by atoms with Gasteiger partial charge in [-0.3, -0.25) is 0 Å². The first-order valence-electron chi connectivity index (χ1n) is 7.84. The molecule has 142 valence electrons. The Balaban J connectivity index is 2.06. The highest BCUT2D eigenvalue weighted by Gasteiger charge is 2.25. The molecule has 3 aromatic rings. The summed E-state index contributed by atoms with van der Waals surface area (Å²) in [5, 5.41) is 0.279. The number of halogens is 6. The van der Waals surface area contributed by atoms with Crippen molar-refractivity contribution in [2.45, 2.75) is 0 Å². The molecule has 3 rings (SSSR count). The maximum atomic E-state index is 14.1. The number of benzene rings is 3. The molecule has 28 heavy (non-hydrogen) atoms. The number of hydrogen-bond donors (Lipinski definition) is 0. The van der Waals surface area contributed by atoms with Crippen molar-refractivity contribution in [3.63, 3.8) is 0 Å². The predicted octanol–water partition coefficient (Wildman–Crippen LogP) is 5.64. The van der Waals surface area contributed by atoms with Crippen LogP contribution in [0.4, 0.5) is 26.3 Å². The fourth-order valence-corrected chi connectivity index (χ4v) is 2.47. The monoisotopic (exact) mass is 392 g/mol. The molecule has 0 radical (unpaired) electrons. The smallest absolute Gasteiger partial charge is 0.205 e. The average Bonchev–Trinajstić information content (AvgIpc) is 2.69. The Morgan fingerprint density at radius 3 is 2.14 bits per heavy atom. The Morgan fingerprint density at radius 1 is 0.821 bits per heavy atom. The molecule has 0 atom stereocenters. The lowest BCUT2D eigenvalue weighted by Gasteiger charge is -2.09. The highest BCUT2D eigenvalue weighted by atomic mass is 19.2. The van der Waals surface area contributed by atoms with E-state index in [2.05, 4.69) is 17.2 Å². The van der Waals surface area contributed by atoms with Gasteiger partial charge in [-0.15, -0.1) is 0 Å². The zero-order valence-corrected chi connectivity index (χ0v) is 14.1. The highest BCUT2D eigenvalue weighted by Crippen LogP contribution is 2.30. The van der Waals surface area contributed by atoms with Crippen molar-refractivity contribution in [2.75, 3.05) is 6.61 Å². The second-order valence-electron chi connectivity index (χ2n) is 5.61. The van der Waals surface area contributed by atoms with E-state index in [9.17, 15) is 26.3 Å². The van der Waals surface area contributed by atoms with Gasteiger partial charge in [0.1, 0.15) is 12.2 Å². The maximum Gasteiger partial charge on any atom is 0.205 e. The third kappa shape index (κ3) is 3.41. The molecule has 0 aliphatic heterocycles. The van der Waals surface area contributed by atoms with Crippen LogP contribution in [0.5, 0.6) is 5.75 Å². The number of fused-ring (bicyclic) bond motifs is 1. The van der Waals surface area contributed by atoms with E-state index in [1.807, 2.05) is 5.92 Å². The van der Waals surface area contributed by atoms with Gasteiger partial charge in [0.25, 0.3) is 0 Å². The first kappa shape index (κ1) is 19.4. The van der Waals surface area contributed by atoms with Gasteiger partial charge in [-0.1, -0.05) is 36.6 Å². The van der Waals surface area contributed by atoms with Gasteiger partial charge < -0.3 is 4.74 Å². The Labute approximate surface area is 155 Å². The number of hydrogen-bond acceptors (Lipinski definition) is 1. The summed E-state index contributed by atoms with van der Waals surface area (Å²) in [6.45, 7) is 2.91. The largest absolute Gasteiger partial charge is 0.483 e. The van der Waals surface area contributed by atoms with E-state index in [0.29, 0.717) is 0 Å². The van der Waals surface area contributed by atoms with E-state index >= 15 is 0 Å². The molecule has 1 nitrogen and oxygen atoms in total. The standard InChI is InChI=1S/C21H10F6O/c1-2-9-28-21-19(26)17(24)14(18(25)20(21)27)7-4-11-3-6-13-12(10-11)5-8-15(22)16(13)23/h2-3,5-6,8,10H,1,9H2. The van der Waals surface area contributed by atoms with Gasteiger partial charge in [0.15, 0.2) is 29.0 Å². The zero-order valence-electron chi connectivity index (χ0n) is 14.1. The molecular formula is C21H10F6O. The van der Waals surface area contributed by atoms with Crippen LogP contribution in [0.2, 0.25) is 0 Å². The van der Waals surface area contributed by atoms with E-state index in [4.69, 9.17) is 0 Å². The summed E-state index contributed by atoms with van der Waals surface area (Å²) < 4.78 is 87.6. The van der Waals surface area contributed by atoms with E-state index in [-0.39, 0.29) is 22.9 Å². The van der Waals surface area contributed by atoms with Crippen LogP contribution >= 0.6 is 0 Å². The second-order valence-corrected chi connectivity index (χ2v) is 5.61. The van der Waals surface area contributed by atoms with Crippen molar-refractivity contribution < 1.29 is 31.1 Å². The molecule has 0 spiro atoms. The predicted molar refractivity (Wildman–Crippen MR) is 91.8 cm³/mol. The van der Waals surface area contributed by atoms with E-state index < -0.39 is 46.2 Å². The third-order valence-electron chi connectivity index (χ3n) is 3.81. The normalized spacial score (nSPS) is 10.5. The minimum atomic E-state index is -1.72. The minimum absolute atomic E-state index is 0.0104. The molecular weight excluding hydrogens is 382 g/mol. The third-order valence-corrected chi connectivity index (χ3v) is 3.81. The summed E-state index contributed by atoms with van der Waals surface area (Å²) in [5.41, 5.74) is -0.948. The Bertz CT molecular complexity index is 1130. The van der Waals surface area contributed by atoms with Crippen LogP contribution in [0.15, 0.2) is 43.0 Å². The van der Waals surface area contributed by atoms with Gasteiger partial charge in [-0.2, -0.15) is 8.78 Å². The van der Waals surface area contributed by atoms with Gasteiger partial charge >= 0.3 is 0 Å². The lowest BCUT2D eigenvalue weighted by Crippen LogP contribution is -2.06. The fraction of sp³-hybridized carbons (Fsp3) is 0.0476. The summed E-state index contributed by atoms with van der Waals surface area (Å²) >= 11 is 0. The fourth-order valence-electron chi connectivity index (χ4n) is 2.47. The molecule has 0 aliphatic carbocycles.